The van der Waals surface area contributed by atoms with Crippen LogP contribution in [-0.4, -0.2) is 43.2 Å². The maximum Gasteiger partial charge on any atom is 0.326 e. The lowest BCUT2D eigenvalue weighted by molar-refractivity contribution is -0.139. The van der Waals surface area contributed by atoms with Crippen LogP contribution in [0.25, 0.3) is 0 Å². The van der Waals surface area contributed by atoms with Crippen molar-refractivity contribution in [2.75, 3.05) is 0 Å². The highest BCUT2D eigenvalue weighted by molar-refractivity contribution is 5.99. The third-order valence-electron chi connectivity index (χ3n) is 2.81. The van der Waals surface area contributed by atoms with E-state index in [1.54, 1.807) is 0 Å². The van der Waals surface area contributed by atoms with Crippen LogP contribution in [0.2, 0.25) is 0 Å². The molecule has 2 rings (SSSR count). The Morgan fingerprint density at radius 2 is 2.10 bits per heavy atom. The van der Waals surface area contributed by atoms with Crippen LogP contribution in [0.5, 0.6) is 11.5 Å². The number of carbonyl (C=O) groups is 2. The monoisotopic (exact) mass is 291 g/mol. The van der Waals surface area contributed by atoms with Crippen molar-refractivity contribution in [2.24, 2.45) is 0 Å². The molecule has 0 spiro atoms. The molecule has 1 aromatic carbocycles. The van der Waals surface area contributed by atoms with Crippen molar-refractivity contribution in [3.8, 4) is 11.5 Å². The maximum absolute atomic E-state index is 12.0. The SMILES string of the molecule is O=C(N[C@@H](Cc1cnc[nH]1)C(=O)O)c1cc(O)ccc1O. The number of phenolic OH excluding ortho intramolecular Hbond substituents is 2. The number of rotatable bonds is 5. The fraction of sp³-hybridized carbons (Fsp3) is 0.154. The molecule has 0 bridgehead atoms. The Kier molecular flexibility index (Phi) is 4.07. The molecule has 0 radical (unpaired) electrons. The molecule has 0 aliphatic rings. The zero-order valence-corrected chi connectivity index (χ0v) is 10.8. The summed E-state index contributed by atoms with van der Waals surface area (Å²) in [7, 11) is 0. The van der Waals surface area contributed by atoms with Crippen molar-refractivity contribution in [3.63, 3.8) is 0 Å². The van der Waals surface area contributed by atoms with Gasteiger partial charge >= 0.3 is 5.97 Å². The number of benzene rings is 1. The molecule has 0 fully saturated rings. The zero-order chi connectivity index (χ0) is 15.4. The number of aliphatic carboxylic acids is 1. The van der Waals surface area contributed by atoms with Gasteiger partial charge in [0.2, 0.25) is 0 Å². The first kappa shape index (κ1) is 14.4. The van der Waals surface area contributed by atoms with Crippen LogP contribution < -0.4 is 5.32 Å². The molecule has 2 aromatic rings. The lowest BCUT2D eigenvalue weighted by Crippen LogP contribution is -2.42. The van der Waals surface area contributed by atoms with E-state index in [9.17, 15) is 19.8 Å². The Balaban J connectivity index is 2.14. The van der Waals surface area contributed by atoms with Gasteiger partial charge < -0.3 is 25.6 Å². The summed E-state index contributed by atoms with van der Waals surface area (Å²) < 4.78 is 0. The van der Waals surface area contributed by atoms with Crippen LogP contribution in [0.1, 0.15) is 16.1 Å². The van der Waals surface area contributed by atoms with E-state index in [1.165, 1.54) is 18.6 Å². The highest BCUT2D eigenvalue weighted by Gasteiger charge is 2.23. The maximum atomic E-state index is 12.0. The smallest absolute Gasteiger partial charge is 0.326 e. The summed E-state index contributed by atoms with van der Waals surface area (Å²) in [4.78, 5) is 29.7. The molecule has 1 amide bonds. The third kappa shape index (κ3) is 3.50. The number of nitrogens with zero attached hydrogens (tertiary/aromatic N) is 1. The first-order valence-electron chi connectivity index (χ1n) is 6.00. The fourth-order valence-electron chi connectivity index (χ4n) is 1.76. The molecular formula is C13H13N3O5. The summed E-state index contributed by atoms with van der Waals surface area (Å²) >= 11 is 0. The Labute approximate surface area is 119 Å². The summed E-state index contributed by atoms with van der Waals surface area (Å²) in [5, 5.41) is 30.3. The van der Waals surface area contributed by atoms with E-state index in [2.05, 4.69) is 15.3 Å². The Hall–Kier alpha value is -3.03. The van der Waals surface area contributed by atoms with Gasteiger partial charge in [-0.2, -0.15) is 0 Å². The predicted molar refractivity (Wildman–Crippen MR) is 71.0 cm³/mol. The predicted octanol–water partition coefficient (Wildman–Crippen LogP) is 0.247. The molecule has 8 nitrogen and oxygen atoms in total. The van der Waals surface area contributed by atoms with Gasteiger partial charge in [-0.3, -0.25) is 4.79 Å². The van der Waals surface area contributed by atoms with Gasteiger partial charge in [-0.1, -0.05) is 0 Å². The number of aromatic nitrogens is 2. The minimum absolute atomic E-state index is 0.0145. The minimum Gasteiger partial charge on any atom is -0.508 e. The van der Waals surface area contributed by atoms with Gasteiger partial charge in [0.15, 0.2) is 0 Å². The number of aromatic amines is 1. The number of hydrogen-bond donors (Lipinski definition) is 5. The number of carbonyl (C=O) groups excluding carboxylic acids is 1. The molecule has 5 N–H and O–H groups in total. The Morgan fingerprint density at radius 3 is 2.71 bits per heavy atom. The molecule has 1 heterocycles. The van der Waals surface area contributed by atoms with Gasteiger partial charge in [0.25, 0.3) is 5.91 Å². The molecule has 0 unspecified atom stereocenters. The van der Waals surface area contributed by atoms with Crippen molar-refractivity contribution in [1.29, 1.82) is 0 Å². The van der Waals surface area contributed by atoms with Crippen LogP contribution in [0.15, 0.2) is 30.7 Å². The van der Waals surface area contributed by atoms with E-state index < -0.39 is 17.9 Å². The van der Waals surface area contributed by atoms with Gasteiger partial charge in [0.05, 0.1) is 11.9 Å². The molecule has 0 saturated carbocycles. The number of nitrogens with one attached hydrogen (secondary N) is 2. The number of aromatic hydroxyl groups is 2. The normalized spacial score (nSPS) is 11.8. The summed E-state index contributed by atoms with van der Waals surface area (Å²) in [5.74, 6) is -2.58. The highest BCUT2D eigenvalue weighted by Crippen LogP contribution is 2.22. The minimum atomic E-state index is -1.22. The molecule has 1 aromatic heterocycles. The first-order valence-corrected chi connectivity index (χ1v) is 6.00. The Bertz CT molecular complexity index is 654. The van der Waals surface area contributed by atoms with E-state index in [4.69, 9.17) is 5.11 Å². The van der Waals surface area contributed by atoms with E-state index in [0.717, 1.165) is 12.1 Å². The largest absolute Gasteiger partial charge is 0.508 e. The number of carboxylic acid groups (broad SMARTS) is 1. The second-order valence-corrected chi connectivity index (χ2v) is 4.35. The lowest BCUT2D eigenvalue weighted by Gasteiger charge is -2.14. The number of phenols is 2. The van der Waals surface area contributed by atoms with E-state index in [1.807, 2.05) is 0 Å². The topological polar surface area (TPSA) is 136 Å². The average Bonchev–Trinajstić information content (AvgIpc) is 2.93. The van der Waals surface area contributed by atoms with Crippen LogP contribution in [0.4, 0.5) is 0 Å². The van der Waals surface area contributed by atoms with Crippen molar-refractivity contribution in [3.05, 3.63) is 42.0 Å². The van der Waals surface area contributed by atoms with E-state index in [-0.39, 0.29) is 23.5 Å². The summed E-state index contributed by atoms with van der Waals surface area (Å²) in [6.07, 6.45) is 2.87. The van der Waals surface area contributed by atoms with E-state index >= 15 is 0 Å². The van der Waals surface area contributed by atoms with Crippen molar-refractivity contribution >= 4 is 11.9 Å². The van der Waals surface area contributed by atoms with Crippen LogP contribution >= 0.6 is 0 Å². The van der Waals surface area contributed by atoms with Crippen LogP contribution in [0.3, 0.4) is 0 Å². The van der Waals surface area contributed by atoms with Gasteiger partial charge in [-0.15, -0.1) is 0 Å². The number of amides is 1. The number of imidazole rings is 1. The first-order chi connectivity index (χ1) is 9.97. The molecule has 1 atom stereocenters. The molecule has 0 aliphatic heterocycles. The highest BCUT2D eigenvalue weighted by atomic mass is 16.4. The zero-order valence-electron chi connectivity index (χ0n) is 10.8. The second kappa shape index (κ2) is 5.95. The summed E-state index contributed by atoms with van der Waals surface area (Å²) in [5.41, 5.74) is 0.341. The van der Waals surface area contributed by atoms with Gasteiger partial charge in [0, 0.05) is 18.3 Å². The van der Waals surface area contributed by atoms with Gasteiger partial charge in [-0.25, -0.2) is 9.78 Å². The van der Waals surface area contributed by atoms with Crippen molar-refractivity contribution in [2.45, 2.75) is 12.5 Å². The molecule has 110 valence electrons. The summed E-state index contributed by atoms with van der Waals surface area (Å²) in [6, 6.07) is 2.22. The standard InChI is InChI=1S/C13H13N3O5/c17-8-1-2-11(18)9(4-8)12(19)16-10(13(20)21)3-7-5-14-6-15-7/h1-2,4-6,10,17-18H,3H2,(H,14,15)(H,16,19)(H,20,21)/t10-/m0/s1. The van der Waals surface area contributed by atoms with Gasteiger partial charge in [-0.05, 0) is 18.2 Å². The molecule has 21 heavy (non-hydrogen) atoms. The fourth-order valence-corrected chi connectivity index (χ4v) is 1.76. The number of hydrogen-bond acceptors (Lipinski definition) is 5. The summed E-state index contributed by atoms with van der Waals surface area (Å²) in [6.45, 7) is 0. The van der Waals surface area contributed by atoms with E-state index in [0.29, 0.717) is 5.69 Å². The number of H-pyrrole nitrogens is 1. The lowest BCUT2D eigenvalue weighted by atomic mass is 10.1. The van der Waals surface area contributed by atoms with Crippen molar-refractivity contribution < 1.29 is 24.9 Å². The van der Waals surface area contributed by atoms with Crippen LogP contribution in [0, 0.1) is 0 Å². The molecule has 8 heteroatoms. The second-order valence-electron chi connectivity index (χ2n) is 4.35. The Morgan fingerprint density at radius 1 is 1.33 bits per heavy atom. The number of carboxylic acids is 1. The molecular weight excluding hydrogens is 278 g/mol. The van der Waals surface area contributed by atoms with Crippen LogP contribution in [-0.2, 0) is 11.2 Å². The third-order valence-corrected chi connectivity index (χ3v) is 2.81. The molecule has 0 saturated heterocycles. The van der Waals surface area contributed by atoms with Crippen molar-refractivity contribution in [1.82, 2.24) is 15.3 Å². The molecule has 0 aliphatic carbocycles. The average molecular weight is 291 g/mol. The quantitative estimate of drug-likeness (QED) is 0.501. The van der Waals surface area contributed by atoms with Gasteiger partial charge in [0.1, 0.15) is 17.5 Å².